The molecule has 7 nitrogen and oxygen atoms in total. The standard InChI is InChI=1S/C13H19N3O4S/c1-2-8-3-4-9(21-8)7-15-13(20)16-10(12(18)19)5-6-11(14)17/h3-4,10H,2,5-7H2,1H3,(H2,14,17)(H,18,19)(H2,15,16,20). The summed E-state index contributed by atoms with van der Waals surface area (Å²) >= 11 is 1.59. The van der Waals surface area contributed by atoms with E-state index >= 15 is 0 Å². The molecule has 21 heavy (non-hydrogen) atoms. The Morgan fingerprint density at radius 1 is 1.33 bits per heavy atom. The lowest BCUT2D eigenvalue weighted by atomic mass is 10.1. The van der Waals surface area contributed by atoms with Gasteiger partial charge in [-0.1, -0.05) is 6.92 Å². The summed E-state index contributed by atoms with van der Waals surface area (Å²) in [5.41, 5.74) is 4.96. The fourth-order valence-corrected chi connectivity index (χ4v) is 2.53. The van der Waals surface area contributed by atoms with Gasteiger partial charge in [0.25, 0.3) is 0 Å². The van der Waals surface area contributed by atoms with Crippen LogP contribution in [0.25, 0.3) is 0 Å². The van der Waals surface area contributed by atoms with E-state index in [2.05, 4.69) is 10.6 Å². The summed E-state index contributed by atoms with van der Waals surface area (Å²) in [6.07, 6.45) is 0.810. The van der Waals surface area contributed by atoms with Crippen LogP contribution in [0.3, 0.4) is 0 Å². The highest BCUT2D eigenvalue weighted by Gasteiger charge is 2.20. The molecular weight excluding hydrogens is 294 g/mol. The molecule has 3 amide bonds. The first-order chi connectivity index (χ1) is 9.92. The molecule has 0 aliphatic rings. The SMILES string of the molecule is CCc1ccc(CNC(=O)NC(CCC(N)=O)C(=O)O)s1. The Hall–Kier alpha value is -2.09. The molecule has 0 spiro atoms. The Labute approximate surface area is 126 Å². The minimum absolute atomic E-state index is 0.0307. The molecule has 0 aliphatic heterocycles. The fraction of sp³-hybridized carbons (Fsp3) is 0.462. The smallest absolute Gasteiger partial charge is 0.326 e. The topological polar surface area (TPSA) is 122 Å². The third-order valence-electron chi connectivity index (χ3n) is 2.77. The highest BCUT2D eigenvalue weighted by Crippen LogP contribution is 2.16. The molecule has 0 bridgehead atoms. The summed E-state index contributed by atoms with van der Waals surface area (Å²) in [7, 11) is 0. The number of amides is 3. The minimum Gasteiger partial charge on any atom is -0.480 e. The summed E-state index contributed by atoms with van der Waals surface area (Å²) in [4.78, 5) is 35.5. The average molecular weight is 313 g/mol. The molecule has 0 saturated carbocycles. The van der Waals surface area contributed by atoms with E-state index in [1.807, 2.05) is 19.1 Å². The molecular formula is C13H19N3O4S. The van der Waals surface area contributed by atoms with Gasteiger partial charge in [0.1, 0.15) is 6.04 Å². The summed E-state index contributed by atoms with van der Waals surface area (Å²) in [5.74, 6) is -1.80. The van der Waals surface area contributed by atoms with Gasteiger partial charge in [0.15, 0.2) is 0 Å². The number of hydrogen-bond acceptors (Lipinski definition) is 4. The maximum absolute atomic E-state index is 11.7. The minimum atomic E-state index is -1.20. The highest BCUT2D eigenvalue weighted by molar-refractivity contribution is 7.11. The van der Waals surface area contributed by atoms with Gasteiger partial charge in [-0.05, 0) is 25.0 Å². The maximum Gasteiger partial charge on any atom is 0.326 e. The number of aliphatic carboxylic acids is 1. The van der Waals surface area contributed by atoms with Gasteiger partial charge in [-0.2, -0.15) is 0 Å². The van der Waals surface area contributed by atoms with E-state index < -0.39 is 23.9 Å². The molecule has 0 saturated heterocycles. The van der Waals surface area contributed by atoms with Crippen molar-refractivity contribution >= 4 is 29.2 Å². The number of hydrogen-bond donors (Lipinski definition) is 4. The quantitative estimate of drug-likeness (QED) is 0.568. The lowest BCUT2D eigenvalue weighted by Gasteiger charge is -2.14. The van der Waals surface area contributed by atoms with Crippen molar-refractivity contribution in [3.8, 4) is 0 Å². The normalized spacial score (nSPS) is 11.7. The molecule has 1 aromatic rings. The van der Waals surface area contributed by atoms with Crippen LogP contribution in [-0.2, 0) is 22.6 Å². The summed E-state index contributed by atoms with van der Waals surface area (Å²) in [6.45, 7) is 2.38. The van der Waals surface area contributed by atoms with E-state index in [0.717, 1.165) is 11.3 Å². The summed E-state index contributed by atoms with van der Waals surface area (Å²) in [5, 5.41) is 13.9. The van der Waals surface area contributed by atoms with Crippen LogP contribution in [0.4, 0.5) is 4.79 Å². The van der Waals surface area contributed by atoms with Gasteiger partial charge < -0.3 is 21.5 Å². The number of carbonyl (C=O) groups is 3. The molecule has 5 N–H and O–H groups in total. The zero-order chi connectivity index (χ0) is 15.8. The number of primary amides is 1. The van der Waals surface area contributed by atoms with Crippen LogP contribution in [0.2, 0.25) is 0 Å². The lowest BCUT2D eigenvalue weighted by Crippen LogP contribution is -2.46. The second kappa shape index (κ2) is 8.25. The predicted molar refractivity (Wildman–Crippen MR) is 78.9 cm³/mol. The largest absolute Gasteiger partial charge is 0.480 e. The predicted octanol–water partition coefficient (Wildman–Crippen LogP) is 0.828. The van der Waals surface area contributed by atoms with E-state index in [1.165, 1.54) is 4.88 Å². The van der Waals surface area contributed by atoms with Crippen molar-refractivity contribution in [2.45, 2.75) is 38.8 Å². The first kappa shape index (κ1) is 17.0. The molecule has 0 radical (unpaired) electrons. The van der Waals surface area contributed by atoms with Crippen LogP contribution in [-0.4, -0.2) is 29.1 Å². The number of aryl methyl sites for hydroxylation is 1. The number of thiophene rings is 1. The van der Waals surface area contributed by atoms with Crippen LogP contribution in [0, 0.1) is 0 Å². The number of carboxylic acid groups (broad SMARTS) is 1. The Morgan fingerprint density at radius 2 is 2.00 bits per heavy atom. The molecule has 1 atom stereocenters. The molecule has 1 unspecified atom stereocenters. The van der Waals surface area contributed by atoms with E-state index in [9.17, 15) is 14.4 Å². The van der Waals surface area contributed by atoms with Gasteiger partial charge in [0, 0.05) is 16.2 Å². The molecule has 0 aromatic carbocycles. The van der Waals surface area contributed by atoms with Crippen LogP contribution in [0.1, 0.15) is 29.5 Å². The number of carboxylic acids is 1. The molecule has 0 fully saturated rings. The number of nitrogens with two attached hydrogens (primary N) is 1. The first-order valence-electron chi connectivity index (χ1n) is 6.55. The third-order valence-corrected chi connectivity index (χ3v) is 4.00. The van der Waals surface area contributed by atoms with Crippen molar-refractivity contribution in [1.82, 2.24) is 10.6 Å². The number of carbonyl (C=O) groups excluding carboxylic acids is 2. The monoisotopic (exact) mass is 313 g/mol. The van der Waals surface area contributed by atoms with Crippen molar-refractivity contribution in [1.29, 1.82) is 0 Å². The summed E-state index contributed by atoms with van der Waals surface area (Å²) in [6, 6.07) is 2.20. The van der Waals surface area contributed by atoms with Crippen molar-refractivity contribution in [3.05, 3.63) is 21.9 Å². The second-order valence-electron chi connectivity index (χ2n) is 4.44. The summed E-state index contributed by atoms with van der Waals surface area (Å²) < 4.78 is 0. The Morgan fingerprint density at radius 3 is 2.52 bits per heavy atom. The zero-order valence-electron chi connectivity index (χ0n) is 11.7. The Balaban J connectivity index is 2.42. The molecule has 116 valence electrons. The lowest BCUT2D eigenvalue weighted by molar-refractivity contribution is -0.139. The zero-order valence-corrected chi connectivity index (χ0v) is 12.5. The van der Waals surface area contributed by atoms with Gasteiger partial charge in [0.2, 0.25) is 5.91 Å². The van der Waals surface area contributed by atoms with Gasteiger partial charge in [0.05, 0.1) is 6.54 Å². The van der Waals surface area contributed by atoms with E-state index in [4.69, 9.17) is 10.8 Å². The average Bonchev–Trinajstić information content (AvgIpc) is 2.88. The van der Waals surface area contributed by atoms with Crippen LogP contribution in [0.5, 0.6) is 0 Å². The first-order valence-corrected chi connectivity index (χ1v) is 7.37. The van der Waals surface area contributed by atoms with Crippen LogP contribution >= 0.6 is 11.3 Å². The van der Waals surface area contributed by atoms with E-state index in [0.29, 0.717) is 6.54 Å². The van der Waals surface area contributed by atoms with Crippen molar-refractivity contribution < 1.29 is 19.5 Å². The van der Waals surface area contributed by atoms with E-state index in [1.54, 1.807) is 11.3 Å². The van der Waals surface area contributed by atoms with Gasteiger partial charge in [-0.15, -0.1) is 11.3 Å². The third kappa shape index (κ3) is 6.26. The number of rotatable bonds is 8. The molecule has 1 rings (SSSR count). The van der Waals surface area contributed by atoms with Crippen molar-refractivity contribution in [2.24, 2.45) is 5.73 Å². The van der Waals surface area contributed by atoms with Crippen molar-refractivity contribution in [2.75, 3.05) is 0 Å². The number of urea groups is 1. The van der Waals surface area contributed by atoms with Gasteiger partial charge in [-0.3, -0.25) is 4.79 Å². The van der Waals surface area contributed by atoms with Crippen LogP contribution in [0.15, 0.2) is 12.1 Å². The molecule has 1 heterocycles. The van der Waals surface area contributed by atoms with Crippen molar-refractivity contribution in [3.63, 3.8) is 0 Å². The number of nitrogens with one attached hydrogen (secondary N) is 2. The van der Waals surface area contributed by atoms with Gasteiger partial charge in [-0.25, -0.2) is 9.59 Å². The van der Waals surface area contributed by atoms with Gasteiger partial charge >= 0.3 is 12.0 Å². The Bertz CT molecular complexity index is 515. The fourth-order valence-electron chi connectivity index (χ4n) is 1.63. The Kier molecular flexibility index (Phi) is 6.67. The van der Waals surface area contributed by atoms with E-state index in [-0.39, 0.29) is 12.8 Å². The molecule has 1 aromatic heterocycles. The highest BCUT2D eigenvalue weighted by atomic mass is 32.1. The second-order valence-corrected chi connectivity index (χ2v) is 5.70. The maximum atomic E-state index is 11.7. The molecule has 8 heteroatoms. The molecule has 0 aliphatic carbocycles. The van der Waals surface area contributed by atoms with Crippen LogP contribution < -0.4 is 16.4 Å².